The van der Waals surface area contributed by atoms with E-state index in [2.05, 4.69) is 0 Å². The zero-order valence-corrected chi connectivity index (χ0v) is 16.5. The highest BCUT2D eigenvalue weighted by molar-refractivity contribution is 7.71. The van der Waals surface area contributed by atoms with E-state index in [4.69, 9.17) is 31.5 Å². The van der Waals surface area contributed by atoms with E-state index < -0.39 is 6.29 Å². The van der Waals surface area contributed by atoms with E-state index in [-0.39, 0.29) is 24.3 Å². The van der Waals surface area contributed by atoms with E-state index in [1.807, 2.05) is 59.2 Å². The number of carbonyl (C=O) groups is 1. The number of nitrogens with zero attached hydrogens (tertiary/aromatic N) is 3. The van der Waals surface area contributed by atoms with Crippen LogP contribution in [0.15, 0.2) is 54.6 Å². The van der Waals surface area contributed by atoms with E-state index >= 15 is 0 Å². The summed E-state index contributed by atoms with van der Waals surface area (Å²) < 4.78 is 20.6. The lowest BCUT2D eigenvalue weighted by atomic mass is 10.0. The molecule has 2 aromatic carbocycles. The molecule has 0 radical (unpaired) electrons. The number of carbonyl (C=O) groups excluding carboxylic acids is 1. The summed E-state index contributed by atoms with van der Waals surface area (Å²) in [5.74, 6) is 1.38. The molecule has 2 saturated heterocycles. The number of para-hydroxylation sites is 1. The Morgan fingerprint density at radius 1 is 1.14 bits per heavy atom. The third kappa shape index (κ3) is 3.09. The number of ketones is 1. The minimum absolute atomic E-state index is 0.0779. The Balaban J connectivity index is 1.66. The summed E-state index contributed by atoms with van der Waals surface area (Å²) in [6.45, 7) is 0.360. The minimum Gasteiger partial charge on any atom is -0.497 e. The summed E-state index contributed by atoms with van der Waals surface area (Å²) in [5, 5.41) is 4.83. The van der Waals surface area contributed by atoms with E-state index in [0.717, 1.165) is 17.0 Å². The van der Waals surface area contributed by atoms with Crippen LogP contribution in [0.1, 0.15) is 12.5 Å². The number of hydrogen-bond acceptors (Lipinski definition) is 6. The molecule has 5 rings (SSSR count). The first-order chi connectivity index (χ1) is 14.2. The molecule has 0 saturated carbocycles. The summed E-state index contributed by atoms with van der Waals surface area (Å²) in [4.78, 5) is 12.3. The minimum atomic E-state index is -0.748. The number of fused-ring (bicyclic) bond motifs is 2. The lowest BCUT2D eigenvalue weighted by Gasteiger charge is -2.26. The number of methoxy groups -OCH3 is 1. The van der Waals surface area contributed by atoms with Gasteiger partial charge in [-0.25, -0.2) is 4.68 Å². The highest BCUT2D eigenvalue weighted by Crippen LogP contribution is 2.34. The molecule has 1 aromatic heterocycles. The second-order valence-corrected chi connectivity index (χ2v) is 7.39. The molecule has 0 N–H and O–H groups in total. The maximum Gasteiger partial charge on any atom is 0.218 e. The van der Waals surface area contributed by atoms with Crippen molar-refractivity contribution >= 4 is 18.0 Å². The van der Waals surface area contributed by atoms with Crippen LogP contribution in [-0.4, -0.2) is 46.2 Å². The fourth-order valence-electron chi connectivity index (χ4n) is 3.80. The van der Waals surface area contributed by atoms with E-state index in [1.54, 1.807) is 11.8 Å². The van der Waals surface area contributed by atoms with Crippen molar-refractivity contribution in [1.82, 2.24) is 14.3 Å². The van der Waals surface area contributed by atoms with Gasteiger partial charge in [-0.3, -0.25) is 9.36 Å². The molecule has 0 aliphatic carbocycles. The van der Waals surface area contributed by atoms with Crippen molar-refractivity contribution < 1.29 is 19.0 Å². The SMILES string of the molecule is COc1ccc(-c2nn([C@@H]3CC(=O)[C@@H]4OC[C@H]3O4)c(=S)n2-c2ccccc2)cc1. The summed E-state index contributed by atoms with van der Waals surface area (Å²) in [6, 6.07) is 17.2. The predicted molar refractivity (Wildman–Crippen MR) is 108 cm³/mol. The Morgan fingerprint density at radius 3 is 2.62 bits per heavy atom. The van der Waals surface area contributed by atoms with E-state index in [1.165, 1.54) is 0 Å². The zero-order valence-electron chi connectivity index (χ0n) is 15.7. The predicted octanol–water partition coefficient (Wildman–Crippen LogP) is 3.33. The Kier molecular flexibility index (Phi) is 4.54. The standard InChI is InChI=1S/C21H19N3O4S/c1-26-15-9-7-13(8-10-15)19-22-24(16-11-17(25)20-27-12-18(16)28-20)21(29)23(19)14-5-3-2-4-6-14/h2-10,16,18,20H,11-12H2,1H3/t16-,18-,20-/m1/s1. The maximum absolute atomic E-state index is 12.3. The number of Topliss-reactive ketones (excluding diaryl/α,β-unsaturated/α-hetero) is 1. The normalized spacial score (nSPS) is 23.3. The van der Waals surface area contributed by atoms with Crippen LogP contribution in [-0.2, 0) is 14.3 Å². The fraction of sp³-hybridized carbons (Fsp3) is 0.286. The van der Waals surface area contributed by atoms with Crippen LogP contribution in [0.4, 0.5) is 0 Å². The molecule has 2 bridgehead atoms. The molecule has 29 heavy (non-hydrogen) atoms. The monoisotopic (exact) mass is 409 g/mol. The second kappa shape index (κ2) is 7.22. The molecule has 0 spiro atoms. The number of aromatic nitrogens is 3. The van der Waals surface area contributed by atoms with Crippen LogP contribution in [0.25, 0.3) is 17.1 Å². The van der Waals surface area contributed by atoms with Gasteiger partial charge >= 0.3 is 0 Å². The molecular formula is C21H19N3O4S. The van der Waals surface area contributed by atoms with Crippen LogP contribution in [0, 0.1) is 4.77 Å². The third-order valence-corrected chi connectivity index (χ3v) is 5.66. The van der Waals surface area contributed by atoms with Crippen molar-refractivity contribution in [3.8, 4) is 22.8 Å². The topological polar surface area (TPSA) is 67.5 Å². The molecule has 3 aromatic rings. The summed E-state index contributed by atoms with van der Waals surface area (Å²) in [6.07, 6.45) is -0.702. The largest absolute Gasteiger partial charge is 0.497 e. The lowest BCUT2D eigenvalue weighted by molar-refractivity contribution is -0.156. The van der Waals surface area contributed by atoms with Crippen molar-refractivity contribution in [2.24, 2.45) is 0 Å². The first kappa shape index (κ1) is 18.2. The van der Waals surface area contributed by atoms with Crippen LogP contribution in [0.5, 0.6) is 5.75 Å². The first-order valence-corrected chi connectivity index (χ1v) is 9.77. The summed E-state index contributed by atoms with van der Waals surface area (Å²) in [7, 11) is 1.63. The Hall–Kier alpha value is -2.81. The Morgan fingerprint density at radius 2 is 1.90 bits per heavy atom. The van der Waals surface area contributed by atoms with E-state index in [0.29, 0.717) is 17.2 Å². The third-order valence-electron chi connectivity index (χ3n) is 5.29. The van der Waals surface area contributed by atoms with Crippen LogP contribution < -0.4 is 4.74 Å². The quantitative estimate of drug-likeness (QED) is 0.616. The molecule has 0 amide bonds. The molecule has 0 unspecified atom stereocenters. The summed E-state index contributed by atoms with van der Waals surface area (Å²) in [5.41, 5.74) is 1.79. The van der Waals surface area contributed by atoms with Crippen molar-refractivity contribution in [3.05, 3.63) is 59.4 Å². The molecule has 2 aliphatic rings. The fourth-order valence-corrected chi connectivity index (χ4v) is 4.17. The Labute approximate surface area is 172 Å². The van der Waals surface area contributed by atoms with Gasteiger partial charge in [-0.05, 0) is 48.6 Å². The molecule has 3 heterocycles. The van der Waals surface area contributed by atoms with Crippen molar-refractivity contribution in [1.29, 1.82) is 0 Å². The average Bonchev–Trinajstić information content (AvgIpc) is 3.34. The van der Waals surface area contributed by atoms with Gasteiger partial charge in [0.15, 0.2) is 11.6 Å². The van der Waals surface area contributed by atoms with Gasteiger partial charge in [0.2, 0.25) is 11.1 Å². The average molecular weight is 409 g/mol. The van der Waals surface area contributed by atoms with Gasteiger partial charge in [0.25, 0.3) is 0 Å². The molecular weight excluding hydrogens is 390 g/mol. The van der Waals surface area contributed by atoms with Crippen LogP contribution >= 0.6 is 12.2 Å². The zero-order chi connectivity index (χ0) is 20.0. The number of rotatable bonds is 4. The first-order valence-electron chi connectivity index (χ1n) is 9.37. The number of ether oxygens (including phenoxy) is 3. The molecule has 148 valence electrons. The second-order valence-electron chi connectivity index (χ2n) is 7.03. The Bertz CT molecular complexity index is 1110. The van der Waals surface area contributed by atoms with Crippen LogP contribution in [0.2, 0.25) is 0 Å². The maximum atomic E-state index is 12.3. The van der Waals surface area contributed by atoms with Gasteiger partial charge in [-0.1, -0.05) is 18.2 Å². The van der Waals surface area contributed by atoms with Gasteiger partial charge < -0.3 is 14.2 Å². The molecule has 8 heteroatoms. The van der Waals surface area contributed by atoms with Gasteiger partial charge in [0.05, 0.1) is 19.8 Å². The van der Waals surface area contributed by atoms with Gasteiger partial charge in [0, 0.05) is 17.7 Å². The molecule has 2 fully saturated rings. The highest BCUT2D eigenvalue weighted by atomic mass is 32.1. The van der Waals surface area contributed by atoms with Crippen molar-refractivity contribution in [2.45, 2.75) is 24.9 Å². The van der Waals surface area contributed by atoms with Crippen molar-refractivity contribution in [2.75, 3.05) is 13.7 Å². The molecule has 3 atom stereocenters. The van der Waals surface area contributed by atoms with E-state index in [9.17, 15) is 4.79 Å². The van der Waals surface area contributed by atoms with Crippen LogP contribution in [0.3, 0.4) is 0 Å². The van der Waals surface area contributed by atoms with Gasteiger partial charge in [-0.15, -0.1) is 0 Å². The summed E-state index contributed by atoms with van der Waals surface area (Å²) >= 11 is 5.81. The van der Waals surface area contributed by atoms with Gasteiger partial charge in [-0.2, -0.15) is 5.10 Å². The molecule has 2 aliphatic heterocycles. The number of hydrogen-bond donors (Lipinski definition) is 0. The number of benzene rings is 2. The lowest BCUT2D eigenvalue weighted by Crippen LogP contribution is -2.37. The highest BCUT2D eigenvalue weighted by Gasteiger charge is 2.45. The molecule has 7 nitrogen and oxygen atoms in total. The smallest absolute Gasteiger partial charge is 0.218 e. The van der Waals surface area contributed by atoms with Gasteiger partial charge in [0.1, 0.15) is 11.9 Å². The van der Waals surface area contributed by atoms with Crippen molar-refractivity contribution in [3.63, 3.8) is 0 Å².